The maximum absolute atomic E-state index is 12.2. The number of ether oxygens (including phenoxy) is 1. The van der Waals surface area contributed by atoms with Crippen LogP contribution in [0.4, 0.5) is 4.79 Å². The van der Waals surface area contributed by atoms with Crippen molar-refractivity contribution in [3.05, 3.63) is 48.5 Å². The Morgan fingerprint density at radius 3 is 3.18 bits per heavy atom. The molecule has 2 N–H and O–H groups in total. The van der Waals surface area contributed by atoms with Crippen LogP contribution in [0.1, 0.15) is 24.9 Å². The molecule has 0 saturated heterocycles. The molecule has 2 amide bonds. The molecule has 0 saturated carbocycles. The zero-order valence-corrected chi connectivity index (χ0v) is 12.5. The molecule has 2 heterocycles. The number of aromatic nitrogens is 2. The van der Waals surface area contributed by atoms with E-state index in [-0.39, 0.29) is 18.1 Å². The number of rotatable bonds is 4. The monoisotopic (exact) mass is 300 g/mol. The molecule has 2 unspecified atom stereocenters. The molecule has 0 fully saturated rings. The summed E-state index contributed by atoms with van der Waals surface area (Å²) in [6.45, 7) is 3.28. The third kappa shape index (κ3) is 3.39. The Hall–Kier alpha value is -2.50. The van der Waals surface area contributed by atoms with Crippen molar-refractivity contribution in [1.82, 2.24) is 20.2 Å². The fourth-order valence-corrected chi connectivity index (χ4v) is 2.67. The summed E-state index contributed by atoms with van der Waals surface area (Å²) in [4.78, 5) is 16.2. The molecule has 22 heavy (non-hydrogen) atoms. The van der Waals surface area contributed by atoms with Gasteiger partial charge >= 0.3 is 6.03 Å². The van der Waals surface area contributed by atoms with E-state index in [0.29, 0.717) is 13.2 Å². The van der Waals surface area contributed by atoms with Crippen molar-refractivity contribution >= 4 is 6.03 Å². The summed E-state index contributed by atoms with van der Waals surface area (Å²) < 4.78 is 7.54. The van der Waals surface area contributed by atoms with Gasteiger partial charge in [-0.05, 0) is 13.0 Å². The van der Waals surface area contributed by atoms with Gasteiger partial charge in [0.15, 0.2) is 0 Å². The van der Waals surface area contributed by atoms with Crippen LogP contribution in [0.15, 0.2) is 43.0 Å². The van der Waals surface area contributed by atoms with E-state index in [0.717, 1.165) is 17.7 Å². The molecule has 6 nitrogen and oxygen atoms in total. The third-order valence-corrected chi connectivity index (χ3v) is 3.69. The van der Waals surface area contributed by atoms with Gasteiger partial charge in [0.05, 0.1) is 19.0 Å². The van der Waals surface area contributed by atoms with Crippen LogP contribution >= 0.6 is 0 Å². The normalized spacial score (nSPS) is 18.0. The molecular formula is C16H20N4O2. The van der Waals surface area contributed by atoms with Crippen LogP contribution in [0.3, 0.4) is 0 Å². The molecule has 1 aliphatic heterocycles. The molecule has 0 aliphatic carbocycles. The summed E-state index contributed by atoms with van der Waals surface area (Å²) in [7, 11) is 0. The van der Waals surface area contributed by atoms with Crippen molar-refractivity contribution in [3.63, 3.8) is 0 Å². The van der Waals surface area contributed by atoms with Crippen molar-refractivity contribution in [2.24, 2.45) is 0 Å². The first-order valence-corrected chi connectivity index (χ1v) is 7.47. The number of hydrogen-bond donors (Lipinski definition) is 2. The number of carbonyl (C=O) groups excluding carboxylic acids is 1. The summed E-state index contributed by atoms with van der Waals surface area (Å²) in [5.41, 5.74) is 1.03. The molecule has 1 aliphatic rings. The lowest BCUT2D eigenvalue weighted by molar-refractivity contribution is 0.220. The first kappa shape index (κ1) is 14.4. The Morgan fingerprint density at radius 2 is 2.36 bits per heavy atom. The highest BCUT2D eigenvalue weighted by molar-refractivity contribution is 5.75. The van der Waals surface area contributed by atoms with Crippen LogP contribution in [0.5, 0.6) is 5.75 Å². The fourth-order valence-electron chi connectivity index (χ4n) is 2.67. The Morgan fingerprint density at radius 1 is 1.50 bits per heavy atom. The number of amides is 2. The van der Waals surface area contributed by atoms with Gasteiger partial charge in [-0.3, -0.25) is 0 Å². The molecule has 0 radical (unpaired) electrons. The van der Waals surface area contributed by atoms with Gasteiger partial charge in [0.1, 0.15) is 5.75 Å². The quantitative estimate of drug-likeness (QED) is 0.908. The van der Waals surface area contributed by atoms with Crippen molar-refractivity contribution in [2.45, 2.75) is 32.0 Å². The summed E-state index contributed by atoms with van der Waals surface area (Å²) in [5.74, 6) is 0.852. The Kier molecular flexibility index (Phi) is 4.27. The highest BCUT2D eigenvalue weighted by Crippen LogP contribution is 2.31. The zero-order valence-electron chi connectivity index (χ0n) is 12.5. The number of fused-ring (bicyclic) bond motifs is 1. The van der Waals surface area contributed by atoms with E-state index < -0.39 is 0 Å². The smallest absolute Gasteiger partial charge is 0.315 e. The predicted molar refractivity (Wildman–Crippen MR) is 82.7 cm³/mol. The molecule has 6 heteroatoms. The van der Waals surface area contributed by atoms with E-state index in [9.17, 15) is 4.79 Å². The lowest BCUT2D eigenvalue weighted by Gasteiger charge is -2.27. The Labute approximate surface area is 129 Å². The number of imidazole rings is 1. The van der Waals surface area contributed by atoms with E-state index in [4.69, 9.17) is 4.74 Å². The Balaban J connectivity index is 1.56. The van der Waals surface area contributed by atoms with Gasteiger partial charge in [0.2, 0.25) is 0 Å². The fraction of sp³-hybridized carbons (Fsp3) is 0.375. The van der Waals surface area contributed by atoms with Gasteiger partial charge in [0, 0.05) is 37.0 Å². The zero-order chi connectivity index (χ0) is 15.4. The summed E-state index contributed by atoms with van der Waals surface area (Å²) >= 11 is 0. The summed E-state index contributed by atoms with van der Waals surface area (Å²) in [5, 5.41) is 5.99. The van der Waals surface area contributed by atoms with Crippen LogP contribution in [0.2, 0.25) is 0 Å². The molecule has 1 aromatic heterocycles. The number of nitrogens with zero attached hydrogens (tertiary/aromatic N) is 2. The molecule has 3 rings (SSSR count). The average molecular weight is 300 g/mol. The first-order chi connectivity index (χ1) is 10.7. The molecule has 2 aromatic rings. The maximum Gasteiger partial charge on any atom is 0.315 e. The number of urea groups is 1. The topological polar surface area (TPSA) is 68.2 Å². The molecule has 1 aromatic carbocycles. The summed E-state index contributed by atoms with van der Waals surface area (Å²) in [6.07, 6.45) is 6.13. The van der Waals surface area contributed by atoms with Crippen molar-refractivity contribution in [3.8, 4) is 5.75 Å². The van der Waals surface area contributed by atoms with Crippen LogP contribution < -0.4 is 15.4 Å². The van der Waals surface area contributed by atoms with Crippen LogP contribution in [-0.2, 0) is 6.54 Å². The van der Waals surface area contributed by atoms with Gasteiger partial charge in [-0.2, -0.15) is 0 Å². The van der Waals surface area contributed by atoms with Gasteiger partial charge in [0.25, 0.3) is 0 Å². The SMILES string of the molecule is CC(Cn1ccnc1)NC(=O)NC1CCOc2ccccc21. The first-order valence-electron chi connectivity index (χ1n) is 7.47. The van der Waals surface area contributed by atoms with Crippen LogP contribution in [0.25, 0.3) is 0 Å². The highest BCUT2D eigenvalue weighted by Gasteiger charge is 2.22. The van der Waals surface area contributed by atoms with Crippen molar-refractivity contribution < 1.29 is 9.53 Å². The molecular weight excluding hydrogens is 280 g/mol. The highest BCUT2D eigenvalue weighted by atomic mass is 16.5. The standard InChI is InChI=1S/C16H20N4O2/c1-12(10-20-8-7-17-11-20)18-16(21)19-14-6-9-22-15-5-3-2-4-13(14)15/h2-5,7-8,11-12,14H,6,9-10H2,1H3,(H2,18,19,21). The van der Waals surface area contributed by atoms with Crippen molar-refractivity contribution in [2.75, 3.05) is 6.61 Å². The second-order valence-corrected chi connectivity index (χ2v) is 5.51. The average Bonchev–Trinajstić information content (AvgIpc) is 3.00. The van der Waals surface area contributed by atoms with E-state index in [1.165, 1.54) is 0 Å². The van der Waals surface area contributed by atoms with Gasteiger partial charge in [-0.25, -0.2) is 9.78 Å². The number of benzene rings is 1. The maximum atomic E-state index is 12.2. The third-order valence-electron chi connectivity index (χ3n) is 3.69. The summed E-state index contributed by atoms with van der Waals surface area (Å²) in [6, 6.07) is 7.68. The minimum Gasteiger partial charge on any atom is -0.493 e. The van der Waals surface area contributed by atoms with Gasteiger partial charge in [-0.15, -0.1) is 0 Å². The van der Waals surface area contributed by atoms with E-state index in [2.05, 4.69) is 15.6 Å². The molecule has 0 spiro atoms. The van der Waals surface area contributed by atoms with Gasteiger partial charge < -0.3 is 19.9 Å². The van der Waals surface area contributed by atoms with Crippen molar-refractivity contribution in [1.29, 1.82) is 0 Å². The van der Waals surface area contributed by atoms with Crippen LogP contribution in [0, 0.1) is 0 Å². The Bertz CT molecular complexity index is 627. The van der Waals surface area contributed by atoms with Crippen LogP contribution in [-0.4, -0.2) is 28.2 Å². The lowest BCUT2D eigenvalue weighted by atomic mass is 10.0. The van der Waals surface area contributed by atoms with E-state index in [1.54, 1.807) is 12.5 Å². The number of carbonyl (C=O) groups is 1. The van der Waals surface area contributed by atoms with E-state index in [1.807, 2.05) is 42.0 Å². The minimum absolute atomic E-state index is 0.00889. The lowest BCUT2D eigenvalue weighted by Crippen LogP contribution is -2.44. The van der Waals surface area contributed by atoms with Gasteiger partial charge in [-0.1, -0.05) is 18.2 Å². The number of nitrogens with one attached hydrogen (secondary N) is 2. The predicted octanol–water partition coefficient (Wildman–Crippen LogP) is 2.09. The molecule has 0 bridgehead atoms. The number of para-hydroxylation sites is 1. The largest absolute Gasteiger partial charge is 0.493 e. The van der Waals surface area contributed by atoms with E-state index >= 15 is 0 Å². The molecule has 116 valence electrons. The molecule has 2 atom stereocenters. The second-order valence-electron chi connectivity index (χ2n) is 5.51. The second kappa shape index (κ2) is 6.51. The number of hydrogen-bond acceptors (Lipinski definition) is 3. The minimum atomic E-state index is -0.158.